The van der Waals surface area contributed by atoms with Crippen LogP contribution in [0.1, 0.15) is 24.5 Å². The number of aliphatic hydroxyl groups is 2. The van der Waals surface area contributed by atoms with Crippen LogP contribution in [0, 0.1) is 0 Å². The van der Waals surface area contributed by atoms with Gasteiger partial charge >= 0.3 is 5.97 Å². The zero-order valence-corrected chi connectivity index (χ0v) is 10.1. The van der Waals surface area contributed by atoms with Crippen molar-refractivity contribution in [1.29, 1.82) is 0 Å². The van der Waals surface area contributed by atoms with Crippen LogP contribution in [0.5, 0.6) is 0 Å². The smallest absolute Gasteiger partial charge is 0.303 e. The molecule has 0 bridgehead atoms. The third-order valence-corrected chi connectivity index (χ3v) is 2.71. The molecule has 1 aromatic carbocycles. The summed E-state index contributed by atoms with van der Waals surface area (Å²) in [6.45, 7) is 0.277. The molecule has 0 heterocycles. The molecule has 0 amide bonds. The lowest BCUT2D eigenvalue weighted by Gasteiger charge is -2.23. The van der Waals surface area contributed by atoms with Crippen LogP contribution in [-0.2, 0) is 4.79 Å². The van der Waals surface area contributed by atoms with Crippen LogP contribution in [0.4, 0.5) is 0 Å². The number of benzene rings is 1. The maximum Gasteiger partial charge on any atom is 0.303 e. The molecule has 0 saturated carbocycles. The van der Waals surface area contributed by atoms with Crippen LogP contribution >= 0.6 is 0 Å². The van der Waals surface area contributed by atoms with Gasteiger partial charge in [0.25, 0.3) is 0 Å². The number of aliphatic carboxylic acids is 1. The summed E-state index contributed by atoms with van der Waals surface area (Å²) in [6.07, 6.45) is -0.490. The first-order valence-corrected chi connectivity index (χ1v) is 5.94. The highest BCUT2D eigenvalue weighted by molar-refractivity contribution is 5.66. The van der Waals surface area contributed by atoms with Crippen LogP contribution in [0.3, 0.4) is 0 Å². The molecule has 0 radical (unpaired) electrons. The minimum atomic E-state index is -0.897. The Morgan fingerprint density at radius 2 is 1.94 bits per heavy atom. The number of rotatable bonds is 8. The molecular formula is C13H19NO4. The van der Waals surface area contributed by atoms with E-state index in [9.17, 15) is 9.90 Å². The van der Waals surface area contributed by atoms with Crippen molar-refractivity contribution in [3.63, 3.8) is 0 Å². The number of hydrogen-bond acceptors (Lipinski definition) is 4. The number of carboxylic acid groups (broad SMARTS) is 1. The first-order chi connectivity index (χ1) is 8.65. The molecule has 0 fully saturated rings. The average Bonchev–Trinajstić information content (AvgIpc) is 2.39. The van der Waals surface area contributed by atoms with E-state index in [4.69, 9.17) is 10.2 Å². The molecular weight excluding hydrogens is 234 g/mol. The summed E-state index contributed by atoms with van der Waals surface area (Å²) < 4.78 is 0. The zero-order valence-electron chi connectivity index (χ0n) is 10.1. The fourth-order valence-electron chi connectivity index (χ4n) is 1.78. The summed E-state index contributed by atoms with van der Waals surface area (Å²) in [6, 6.07) is 8.69. The van der Waals surface area contributed by atoms with Gasteiger partial charge in [0, 0.05) is 19.0 Å². The molecule has 0 aliphatic carbocycles. The Balaban J connectivity index is 2.65. The Hall–Kier alpha value is -1.43. The molecule has 2 unspecified atom stereocenters. The van der Waals surface area contributed by atoms with Gasteiger partial charge in [-0.25, -0.2) is 0 Å². The average molecular weight is 253 g/mol. The van der Waals surface area contributed by atoms with Crippen molar-refractivity contribution in [2.75, 3.05) is 13.2 Å². The number of carboxylic acids is 1. The second-order valence-corrected chi connectivity index (χ2v) is 4.07. The summed E-state index contributed by atoms with van der Waals surface area (Å²) >= 11 is 0. The molecule has 2 atom stereocenters. The zero-order chi connectivity index (χ0) is 13.4. The lowest BCUT2D eigenvalue weighted by atomic mass is 9.98. The highest BCUT2D eigenvalue weighted by atomic mass is 16.4. The molecule has 1 rings (SSSR count). The van der Waals surface area contributed by atoms with E-state index in [1.54, 1.807) is 12.1 Å². The van der Waals surface area contributed by atoms with E-state index in [1.165, 1.54) is 0 Å². The summed E-state index contributed by atoms with van der Waals surface area (Å²) in [4.78, 5) is 10.6. The first-order valence-electron chi connectivity index (χ1n) is 5.94. The van der Waals surface area contributed by atoms with Crippen LogP contribution in [0.2, 0.25) is 0 Å². The van der Waals surface area contributed by atoms with E-state index >= 15 is 0 Å². The van der Waals surface area contributed by atoms with Crippen molar-refractivity contribution >= 4 is 5.97 Å². The van der Waals surface area contributed by atoms with E-state index in [-0.39, 0.29) is 19.1 Å². The number of aliphatic hydroxyl groups excluding tert-OH is 2. The first kappa shape index (κ1) is 14.6. The summed E-state index contributed by atoms with van der Waals surface area (Å²) in [7, 11) is 0. The fraction of sp³-hybridized carbons (Fsp3) is 0.462. The molecule has 0 saturated heterocycles. The Bertz CT molecular complexity index is 355. The third-order valence-electron chi connectivity index (χ3n) is 2.71. The monoisotopic (exact) mass is 253 g/mol. The van der Waals surface area contributed by atoms with Gasteiger partial charge < -0.3 is 20.6 Å². The molecule has 4 N–H and O–H groups in total. The Kier molecular flexibility index (Phi) is 6.35. The molecule has 0 aliphatic rings. The number of carbonyl (C=O) groups is 1. The van der Waals surface area contributed by atoms with E-state index in [0.29, 0.717) is 13.0 Å². The van der Waals surface area contributed by atoms with Crippen LogP contribution in [-0.4, -0.2) is 40.5 Å². The molecule has 18 heavy (non-hydrogen) atoms. The quantitative estimate of drug-likeness (QED) is 0.543. The number of hydrogen-bond donors (Lipinski definition) is 4. The lowest BCUT2D eigenvalue weighted by molar-refractivity contribution is -0.137. The number of nitrogens with one attached hydrogen (secondary N) is 1. The Morgan fingerprint density at radius 3 is 2.50 bits per heavy atom. The predicted octanol–water partition coefficient (Wildman–Crippen LogP) is 0.535. The van der Waals surface area contributed by atoms with Crippen molar-refractivity contribution in [2.24, 2.45) is 0 Å². The molecule has 5 heteroatoms. The largest absolute Gasteiger partial charge is 0.481 e. The second-order valence-electron chi connectivity index (χ2n) is 4.07. The van der Waals surface area contributed by atoms with E-state index < -0.39 is 12.1 Å². The summed E-state index contributed by atoms with van der Waals surface area (Å²) in [5, 5.41) is 30.6. The van der Waals surface area contributed by atoms with Gasteiger partial charge in [0.05, 0.1) is 12.7 Å². The van der Waals surface area contributed by atoms with Crippen LogP contribution in [0.25, 0.3) is 0 Å². The third kappa shape index (κ3) is 4.83. The second kappa shape index (κ2) is 7.81. The summed E-state index contributed by atoms with van der Waals surface area (Å²) in [5.41, 5.74) is 0.735. The minimum absolute atomic E-state index is 0.0208. The van der Waals surface area contributed by atoms with Crippen molar-refractivity contribution in [1.82, 2.24) is 5.32 Å². The highest BCUT2D eigenvalue weighted by Crippen LogP contribution is 2.19. The van der Waals surface area contributed by atoms with Gasteiger partial charge in [-0.2, -0.15) is 0 Å². The highest BCUT2D eigenvalue weighted by Gasteiger charge is 2.20. The van der Waals surface area contributed by atoms with Gasteiger partial charge in [0.15, 0.2) is 0 Å². The van der Waals surface area contributed by atoms with E-state index in [1.807, 2.05) is 18.2 Å². The van der Waals surface area contributed by atoms with Crippen molar-refractivity contribution < 1.29 is 20.1 Å². The SMILES string of the molecule is O=C(O)CCC(NCCO)C(O)c1ccccc1. The molecule has 0 spiro atoms. The van der Waals surface area contributed by atoms with E-state index in [0.717, 1.165) is 5.56 Å². The lowest BCUT2D eigenvalue weighted by Crippen LogP contribution is -2.37. The van der Waals surface area contributed by atoms with Crippen molar-refractivity contribution in [3.8, 4) is 0 Å². The van der Waals surface area contributed by atoms with Gasteiger partial charge in [-0.15, -0.1) is 0 Å². The van der Waals surface area contributed by atoms with E-state index in [2.05, 4.69) is 5.32 Å². The van der Waals surface area contributed by atoms with Gasteiger partial charge in [0.2, 0.25) is 0 Å². The van der Waals surface area contributed by atoms with Crippen molar-refractivity contribution in [2.45, 2.75) is 25.0 Å². The fourth-order valence-corrected chi connectivity index (χ4v) is 1.78. The topological polar surface area (TPSA) is 89.8 Å². The maximum absolute atomic E-state index is 10.6. The maximum atomic E-state index is 10.6. The Labute approximate surface area is 106 Å². The predicted molar refractivity (Wildman–Crippen MR) is 67.1 cm³/mol. The molecule has 0 aliphatic heterocycles. The molecule has 100 valence electrons. The van der Waals surface area contributed by atoms with Gasteiger partial charge in [0.1, 0.15) is 0 Å². The van der Waals surface area contributed by atoms with Gasteiger partial charge in [-0.05, 0) is 12.0 Å². The van der Waals surface area contributed by atoms with Gasteiger partial charge in [-0.1, -0.05) is 30.3 Å². The van der Waals surface area contributed by atoms with Gasteiger partial charge in [-0.3, -0.25) is 4.79 Å². The normalized spacial score (nSPS) is 14.1. The summed E-state index contributed by atoms with van der Waals surface area (Å²) in [5.74, 6) is -0.897. The Morgan fingerprint density at radius 1 is 1.28 bits per heavy atom. The van der Waals surface area contributed by atoms with Crippen molar-refractivity contribution in [3.05, 3.63) is 35.9 Å². The molecule has 1 aromatic rings. The standard InChI is InChI=1S/C13H19NO4/c15-9-8-14-11(6-7-12(16)17)13(18)10-4-2-1-3-5-10/h1-5,11,13-15,18H,6-9H2,(H,16,17). The van der Waals surface area contributed by atoms with Crippen LogP contribution in [0.15, 0.2) is 30.3 Å². The van der Waals surface area contributed by atoms with Crippen LogP contribution < -0.4 is 5.32 Å². The minimum Gasteiger partial charge on any atom is -0.481 e. The molecule has 5 nitrogen and oxygen atoms in total. The molecule has 0 aromatic heterocycles.